The van der Waals surface area contributed by atoms with Crippen molar-refractivity contribution in [2.75, 3.05) is 46.0 Å². The number of ketones is 1. The van der Waals surface area contributed by atoms with Gasteiger partial charge in [0.25, 0.3) is 11.7 Å². The highest BCUT2D eigenvalue weighted by Gasteiger charge is 2.45. The summed E-state index contributed by atoms with van der Waals surface area (Å²) in [7, 11) is 0. The van der Waals surface area contributed by atoms with Gasteiger partial charge in [-0.15, -0.1) is 0 Å². The molecule has 36 heavy (non-hydrogen) atoms. The van der Waals surface area contributed by atoms with Crippen molar-refractivity contribution in [3.8, 4) is 5.75 Å². The van der Waals surface area contributed by atoms with Gasteiger partial charge < -0.3 is 19.5 Å². The molecule has 2 heterocycles. The van der Waals surface area contributed by atoms with E-state index in [1.54, 1.807) is 17.0 Å². The van der Waals surface area contributed by atoms with E-state index >= 15 is 0 Å². The van der Waals surface area contributed by atoms with Crippen molar-refractivity contribution in [2.24, 2.45) is 5.92 Å². The lowest BCUT2D eigenvalue weighted by Gasteiger charge is -2.29. The second-order valence-corrected chi connectivity index (χ2v) is 9.90. The number of ether oxygens (including phenoxy) is 2. The van der Waals surface area contributed by atoms with Gasteiger partial charge in [-0.3, -0.25) is 14.5 Å². The van der Waals surface area contributed by atoms with Gasteiger partial charge in [-0.1, -0.05) is 44.2 Å². The largest absolute Gasteiger partial charge is 0.507 e. The standard InChI is InChI=1S/C29H36N2O5/c1-20(2)19-36-24-11-10-23(18-21(24)3)27(32)25-26(22-8-5-4-6-9-22)31(29(34)28(25)33)13-7-12-30-14-16-35-17-15-30/h4-6,8-11,18,20,26,32H,7,12-17,19H2,1-3H3/t26-/m1/s1. The Morgan fingerprint density at radius 3 is 2.47 bits per heavy atom. The van der Waals surface area contributed by atoms with E-state index in [0.29, 0.717) is 24.6 Å². The molecule has 1 atom stereocenters. The number of hydrogen-bond acceptors (Lipinski definition) is 6. The number of carbonyl (C=O) groups excluding carboxylic acids is 2. The minimum absolute atomic E-state index is 0.132. The Labute approximate surface area is 213 Å². The van der Waals surface area contributed by atoms with Crippen LogP contribution in [0.15, 0.2) is 54.1 Å². The summed E-state index contributed by atoms with van der Waals surface area (Å²) in [4.78, 5) is 30.3. The zero-order valence-corrected chi connectivity index (χ0v) is 21.4. The molecule has 0 spiro atoms. The number of aryl methyl sites for hydroxylation is 1. The number of Topliss-reactive ketones (excluding diaryl/α,β-unsaturated/α-hetero) is 1. The molecule has 0 aliphatic carbocycles. The van der Waals surface area contributed by atoms with Gasteiger partial charge in [-0.05, 0) is 48.6 Å². The van der Waals surface area contributed by atoms with Gasteiger partial charge in [0.15, 0.2) is 0 Å². The second-order valence-electron chi connectivity index (χ2n) is 9.90. The quantitative estimate of drug-likeness (QED) is 0.322. The number of morpholine rings is 1. The zero-order valence-electron chi connectivity index (χ0n) is 21.4. The van der Waals surface area contributed by atoms with Crippen molar-refractivity contribution in [3.05, 3.63) is 70.8 Å². The Hall–Kier alpha value is -3.16. The van der Waals surface area contributed by atoms with Crippen molar-refractivity contribution in [2.45, 2.75) is 33.2 Å². The molecule has 0 aromatic heterocycles. The molecule has 0 saturated carbocycles. The second kappa shape index (κ2) is 11.7. The van der Waals surface area contributed by atoms with Crippen LogP contribution in [0.25, 0.3) is 5.76 Å². The van der Waals surface area contributed by atoms with Gasteiger partial charge >= 0.3 is 0 Å². The average Bonchev–Trinajstić information content (AvgIpc) is 3.13. The number of amides is 1. The lowest BCUT2D eigenvalue weighted by Crippen LogP contribution is -2.38. The molecule has 0 radical (unpaired) electrons. The number of carbonyl (C=O) groups is 2. The van der Waals surface area contributed by atoms with Crippen molar-refractivity contribution in [1.29, 1.82) is 0 Å². The summed E-state index contributed by atoms with van der Waals surface area (Å²) in [5, 5.41) is 11.3. The first-order chi connectivity index (χ1) is 17.4. The predicted octanol–water partition coefficient (Wildman–Crippen LogP) is 4.17. The van der Waals surface area contributed by atoms with E-state index in [0.717, 1.165) is 56.1 Å². The highest BCUT2D eigenvalue weighted by atomic mass is 16.5. The third kappa shape index (κ3) is 5.79. The van der Waals surface area contributed by atoms with Gasteiger partial charge in [0.1, 0.15) is 11.5 Å². The van der Waals surface area contributed by atoms with Crippen LogP contribution in [0.1, 0.15) is 43.0 Å². The first kappa shape index (κ1) is 25.9. The molecule has 2 aromatic rings. The molecule has 7 heteroatoms. The minimum Gasteiger partial charge on any atom is -0.507 e. The summed E-state index contributed by atoms with van der Waals surface area (Å²) in [6, 6.07) is 14.2. The number of aliphatic hydroxyl groups is 1. The fraction of sp³-hybridized carbons (Fsp3) is 0.448. The smallest absolute Gasteiger partial charge is 0.295 e. The molecule has 2 aliphatic heterocycles. The fourth-order valence-electron chi connectivity index (χ4n) is 4.75. The number of benzene rings is 2. The number of likely N-dealkylation sites (tertiary alicyclic amines) is 1. The predicted molar refractivity (Wildman–Crippen MR) is 139 cm³/mol. The van der Waals surface area contributed by atoms with E-state index in [1.807, 2.05) is 43.3 Å². The zero-order chi connectivity index (χ0) is 25.7. The van der Waals surface area contributed by atoms with Crippen LogP contribution in [-0.4, -0.2) is 72.6 Å². The molecule has 1 N–H and O–H groups in total. The number of hydrogen-bond donors (Lipinski definition) is 1. The van der Waals surface area contributed by atoms with Crippen LogP contribution in [0.3, 0.4) is 0 Å². The van der Waals surface area contributed by atoms with Crippen molar-refractivity contribution in [3.63, 3.8) is 0 Å². The number of nitrogens with zero attached hydrogens (tertiary/aromatic N) is 2. The van der Waals surface area contributed by atoms with E-state index in [1.165, 1.54) is 0 Å². The molecular weight excluding hydrogens is 456 g/mol. The maximum absolute atomic E-state index is 13.2. The van der Waals surface area contributed by atoms with Crippen LogP contribution in [0.2, 0.25) is 0 Å². The van der Waals surface area contributed by atoms with Crippen molar-refractivity contribution < 1.29 is 24.2 Å². The molecule has 7 nitrogen and oxygen atoms in total. The van der Waals surface area contributed by atoms with Crippen LogP contribution < -0.4 is 4.74 Å². The maximum atomic E-state index is 13.2. The Morgan fingerprint density at radius 1 is 1.08 bits per heavy atom. The van der Waals surface area contributed by atoms with Crippen LogP contribution in [-0.2, 0) is 14.3 Å². The molecule has 4 rings (SSSR count). The Bertz CT molecular complexity index is 1110. The molecule has 1 amide bonds. The van der Waals surface area contributed by atoms with Crippen LogP contribution in [0.5, 0.6) is 5.75 Å². The number of aliphatic hydroxyl groups excluding tert-OH is 1. The van der Waals surface area contributed by atoms with Gasteiger partial charge in [-0.25, -0.2) is 0 Å². The molecule has 2 aromatic carbocycles. The van der Waals surface area contributed by atoms with Gasteiger partial charge in [-0.2, -0.15) is 0 Å². The van der Waals surface area contributed by atoms with Crippen LogP contribution >= 0.6 is 0 Å². The molecule has 2 aliphatic rings. The summed E-state index contributed by atoms with van der Waals surface area (Å²) in [5.41, 5.74) is 2.29. The summed E-state index contributed by atoms with van der Waals surface area (Å²) in [6.07, 6.45) is 0.734. The highest BCUT2D eigenvalue weighted by Crippen LogP contribution is 2.39. The summed E-state index contributed by atoms with van der Waals surface area (Å²) in [6.45, 7) is 11.1. The Morgan fingerprint density at radius 2 is 1.81 bits per heavy atom. The number of rotatable bonds is 9. The normalized spacial score (nSPS) is 20.3. The lowest BCUT2D eigenvalue weighted by molar-refractivity contribution is -0.140. The van der Waals surface area contributed by atoms with E-state index in [9.17, 15) is 14.7 Å². The fourth-order valence-corrected chi connectivity index (χ4v) is 4.75. The first-order valence-electron chi connectivity index (χ1n) is 12.7. The molecule has 2 saturated heterocycles. The highest BCUT2D eigenvalue weighted by molar-refractivity contribution is 6.46. The third-order valence-corrected chi connectivity index (χ3v) is 6.65. The SMILES string of the molecule is Cc1cc(C(O)=C2C(=O)C(=O)N(CCCN3CCOCC3)[C@@H]2c2ccccc2)ccc1OCC(C)C. The average molecular weight is 493 g/mol. The molecule has 2 fully saturated rings. The van der Waals surface area contributed by atoms with E-state index in [2.05, 4.69) is 18.7 Å². The van der Waals surface area contributed by atoms with Crippen molar-refractivity contribution >= 4 is 17.4 Å². The van der Waals surface area contributed by atoms with Gasteiger partial charge in [0, 0.05) is 31.7 Å². The third-order valence-electron chi connectivity index (χ3n) is 6.65. The van der Waals surface area contributed by atoms with E-state index in [-0.39, 0.29) is 11.3 Å². The summed E-state index contributed by atoms with van der Waals surface area (Å²) < 4.78 is 11.3. The first-order valence-corrected chi connectivity index (χ1v) is 12.7. The topological polar surface area (TPSA) is 79.3 Å². The lowest BCUT2D eigenvalue weighted by atomic mass is 9.94. The van der Waals surface area contributed by atoms with Crippen LogP contribution in [0.4, 0.5) is 0 Å². The minimum atomic E-state index is -0.648. The van der Waals surface area contributed by atoms with Crippen molar-refractivity contribution in [1.82, 2.24) is 9.80 Å². The molecular formula is C29H36N2O5. The summed E-state index contributed by atoms with van der Waals surface area (Å²) in [5.74, 6) is -0.242. The van der Waals surface area contributed by atoms with Crippen LogP contribution in [0, 0.1) is 12.8 Å². The Kier molecular flexibility index (Phi) is 8.44. The monoisotopic (exact) mass is 492 g/mol. The molecule has 192 valence electrons. The van der Waals surface area contributed by atoms with E-state index in [4.69, 9.17) is 9.47 Å². The molecule has 0 unspecified atom stereocenters. The maximum Gasteiger partial charge on any atom is 0.295 e. The van der Waals surface area contributed by atoms with Gasteiger partial charge in [0.05, 0.1) is 31.4 Å². The Balaban J connectivity index is 1.63. The molecule has 0 bridgehead atoms. The van der Waals surface area contributed by atoms with Gasteiger partial charge in [0.2, 0.25) is 0 Å². The van der Waals surface area contributed by atoms with E-state index < -0.39 is 17.7 Å². The summed E-state index contributed by atoms with van der Waals surface area (Å²) >= 11 is 0.